The molecule has 0 aliphatic heterocycles. The van der Waals surface area contributed by atoms with Gasteiger partial charge < -0.3 is 11.1 Å². The molecule has 1 unspecified atom stereocenters. The summed E-state index contributed by atoms with van der Waals surface area (Å²) in [4.78, 5) is 0. The topological polar surface area (TPSA) is 38.0 Å². The minimum Gasteiger partial charge on any atom is -0.329 e. The van der Waals surface area contributed by atoms with E-state index in [1.54, 1.807) is 0 Å². The van der Waals surface area contributed by atoms with Gasteiger partial charge in [-0.15, -0.1) is 0 Å². The Morgan fingerprint density at radius 3 is 1.82 bits per heavy atom. The third-order valence-electron chi connectivity index (χ3n) is 6.30. The van der Waals surface area contributed by atoms with E-state index in [0.29, 0.717) is 17.9 Å². The van der Waals surface area contributed by atoms with Crippen molar-refractivity contribution in [2.75, 3.05) is 6.54 Å². The van der Waals surface area contributed by atoms with Crippen molar-refractivity contribution < 1.29 is 0 Å². The predicted molar refractivity (Wildman–Crippen MR) is 117 cm³/mol. The van der Waals surface area contributed by atoms with E-state index in [2.05, 4.69) is 84.2 Å². The molecule has 3 aromatic rings. The molecule has 0 aromatic heterocycles. The maximum Gasteiger partial charge on any atom is 0.0227 e. The molecule has 142 valence electrons. The lowest BCUT2D eigenvalue weighted by molar-refractivity contribution is 0.460. The third kappa shape index (κ3) is 3.76. The summed E-state index contributed by atoms with van der Waals surface area (Å²) in [6.45, 7) is 0.753. The lowest BCUT2D eigenvalue weighted by Gasteiger charge is -2.16. The molecule has 2 aliphatic carbocycles. The highest BCUT2D eigenvalue weighted by molar-refractivity contribution is 5.70. The number of benzene rings is 3. The van der Waals surface area contributed by atoms with Gasteiger partial charge >= 0.3 is 0 Å². The summed E-state index contributed by atoms with van der Waals surface area (Å²) < 4.78 is 0. The molecule has 0 radical (unpaired) electrons. The molecule has 0 saturated heterocycles. The second-order valence-corrected chi connectivity index (χ2v) is 8.35. The zero-order valence-electron chi connectivity index (χ0n) is 16.2. The Morgan fingerprint density at radius 2 is 1.29 bits per heavy atom. The maximum absolute atomic E-state index is 6.02. The maximum atomic E-state index is 6.02. The first-order valence-corrected chi connectivity index (χ1v) is 10.5. The van der Waals surface area contributed by atoms with Gasteiger partial charge in [0.05, 0.1) is 0 Å². The Labute approximate surface area is 167 Å². The number of rotatable bonds is 7. The van der Waals surface area contributed by atoms with Crippen molar-refractivity contribution in [2.45, 2.75) is 37.3 Å². The highest BCUT2D eigenvalue weighted by atomic mass is 15.0. The Kier molecular flexibility index (Phi) is 4.76. The fraction of sp³-hybridized carbons (Fsp3) is 0.308. The largest absolute Gasteiger partial charge is 0.329 e. The molecule has 0 spiro atoms. The summed E-state index contributed by atoms with van der Waals surface area (Å²) in [5.41, 5.74) is 12.6. The molecule has 0 bridgehead atoms. The number of nitrogens with one attached hydrogen (secondary N) is 1. The van der Waals surface area contributed by atoms with Gasteiger partial charge in [-0.3, -0.25) is 0 Å². The Balaban J connectivity index is 1.26. The van der Waals surface area contributed by atoms with E-state index in [-0.39, 0.29) is 0 Å². The van der Waals surface area contributed by atoms with E-state index in [1.165, 1.54) is 47.1 Å². The first-order valence-electron chi connectivity index (χ1n) is 10.5. The second-order valence-electron chi connectivity index (χ2n) is 8.35. The van der Waals surface area contributed by atoms with Gasteiger partial charge in [0.1, 0.15) is 0 Å². The molecule has 2 aliphatic rings. The van der Waals surface area contributed by atoms with Crippen LogP contribution in [0.25, 0.3) is 22.3 Å². The molecule has 3 atom stereocenters. The average Bonchev–Trinajstić information content (AvgIpc) is 3.68. The van der Waals surface area contributed by atoms with E-state index < -0.39 is 0 Å². The molecule has 2 saturated carbocycles. The second kappa shape index (κ2) is 7.54. The summed E-state index contributed by atoms with van der Waals surface area (Å²) in [6, 6.07) is 29.8. The van der Waals surface area contributed by atoms with Gasteiger partial charge in [0.15, 0.2) is 0 Å². The fourth-order valence-electron chi connectivity index (χ4n) is 4.37. The molecule has 0 heterocycles. The highest BCUT2D eigenvalue weighted by Gasteiger charge is 2.44. The van der Waals surface area contributed by atoms with Crippen LogP contribution >= 0.6 is 0 Å². The molecule has 0 amide bonds. The van der Waals surface area contributed by atoms with E-state index in [0.717, 1.165) is 12.6 Å². The number of hydrogen-bond acceptors (Lipinski definition) is 2. The van der Waals surface area contributed by atoms with Crippen LogP contribution in [0.2, 0.25) is 0 Å². The molecule has 5 rings (SSSR count). The van der Waals surface area contributed by atoms with Crippen LogP contribution in [0.3, 0.4) is 0 Å². The van der Waals surface area contributed by atoms with Crippen LogP contribution in [0.4, 0.5) is 0 Å². The highest BCUT2D eigenvalue weighted by Crippen LogP contribution is 2.50. The predicted octanol–water partition coefficient (Wildman–Crippen LogP) is 5.20. The van der Waals surface area contributed by atoms with Crippen LogP contribution in [0.15, 0.2) is 78.9 Å². The molecule has 2 nitrogen and oxygen atoms in total. The molecular formula is C26H28N2. The zero-order chi connectivity index (χ0) is 18.9. The van der Waals surface area contributed by atoms with Gasteiger partial charge in [-0.2, -0.15) is 0 Å². The average molecular weight is 369 g/mol. The first-order chi connectivity index (χ1) is 13.8. The zero-order valence-corrected chi connectivity index (χ0v) is 16.2. The Hall–Kier alpha value is -2.42. The monoisotopic (exact) mass is 368 g/mol. The third-order valence-corrected chi connectivity index (χ3v) is 6.30. The minimum atomic E-state index is 0.489. The van der Waals surface area contributed by atoms with Crippen LogP contribution in [0.5, 0.6) is 0 Å². The van der Waals surface area contributed by atoms with Crippen molar-refractivity contribution in [1.82, 2.24) is 5.32 Å². The molecule has 3 N–H and O–H groups in total. The summed E-state index contributed by atoms with van der Waals surface area (Å²) in [7, 11) is 0. The number of hydrogen-bond donors (Lipinski definition) is 2. The normalized spacial score (nSPS) is 22.0. The van der Waals surface area contributed by atoms with Crippen LogP contribution < -0.4 is 11.1 Å². The minimum absolute atomic E-state index is 0.489. The van der Waals surface area contributed by atoms with E-state index in [1.807, 2.05) is 0 Å². The first kappa shape index (κ1) is 17.7. The van der Waals surface area contributed by atoms with Gasteiger partial charge in [0.2, 0.25) is 0 Å². The summed E-state index contributed by atoms with van der Waals surface area (Å²) in [5.74, 6) is 1.39. The smallest absolute Gasteiger partial charge is 0.0227 e. The van der Waals surface area contributed by atoms with Gasteiger partial charge in [0.25, 0.3) is 0 Å². The van der Waals surface area contributed by atoms with Crippen LogP contribution in [0.1, 0.15) is 30.7 Å². The van der Waals surface area contributed by atoms with Crippen molar-refractivity contribution in [1.29, 1.82) is 0 Å². The molecule has 2 heteroatoms. The van der Waals surface area contributed by atoms with Crippen LogP contribution in [-0.4, -0.2) is 18.6 Å². The van der Waals surface area contributed by atoms with Crippen LogP contribution in [0, 0.1) is 5.92 Å². The molecular weight excluding hydrogens is 340 g/mol. The van der Waals surface area contributed by atoms with Crippen molar-refractivity contribution in [3.63, 3.8) is 0 Å². The fourth-order valence-corrected chi connectivity index (χ4v) is 4.37. The Morgan fingerprint density at radius 1 is 0.750 bits per heavy atom. The summed E-state index contributed by atoms with van der Waals surface area (Å²) in [5, 5.41) is 3.73. The van der Waals surface area contributed by atoms with Crippen LogP contribution in [-0.2, 0) is 0 Å². The van der Waals surface area contributed by atoms with E-state index >= 15 is 0 Å². The molecule has 2 fully saturated rings. The summed E-state index contributed by atoms with van der Waals surface area (Å²) in [6.07, 6.45) is 3.92. The van der Waals surface area contributed by atoms with Crippen molar-refractivity contribution >= 4 is 0 Å². The van der Waals surface area contributed by atoms with Crippen molar-refractivity contribution in [3.8, 4) is 22.3 Å². The van der Waals surface area contributed by atoms with Gasteiger partial charge in [-0.1, -0.05) is 78.9 Å². The lowest BCUT2D eigenvalue weighted by atomic mass is 9.98. The van der Waals surface area contributed by atoms with E-state index in [4.69, 9.17) is 5.73 Å². The quantitative estimate of drug-likeness (QED) is 0.601. The van der Waals surface area contributed by atoms with Crippen molar-refractivity contribution in [3.05, 3.63) is 84.4 Å². The van der Waals surface area contributed by atoms with Gasteiger partial charge in [-0.05, 0) is 58.9 Å². The van der Waals surface area contributed by atoms with Crippen molar-refractivity contribution in [2.24, 2.45) is 11.7 Å². The summed E-state index contributed by atoms with van der Waals surface area (Å²) >= 11 is 0. The molecule has 28 heavy (non-hydrogen) atoms. The Bertz CT molecular complexity index is 911. The lowest BCUT2D eigenvalue weighted by Crippen LogP contribution is -2.39. The van der Waals surface area contributed by atoms with Gasteiger partial charge in [-0.25, -0.2) is 0 Å². The SMILES string of the molecule is NCC(NC1CC1)[C@@H]1C[C@H]1c1ccc(-c2ccc(-c3ccccc3)cc2)cc1. The van der Waals surface area contributed by atoms with E-state index in [9.17, 15) is 0 Å². The molecule has 3 aromatic carbocycles. The number of nitrogens with two attached hydrogens (primary N) is 1. The van der Waals surface area contributed by atoms with Gasteiger partial charge in [0, 0.05) is 18.6 Å². The standard InChI is InChI=1S/C26H28N2/c27-17-26(28-23-14-15-23)25-16-24(25)22-12-10-21(11-13-22)20-8-6-19(7-9-20)18-4-2-1-3-5-18/h1-13,23-26,28H,14-17,27H2/t24-,25+,26?/m0/s1.